The van der Waals surface area contributed by atoms with E-state index in [0.29, 0.717) is 11.3 Å². The van der Waals surface area contributed by atoms with Gasteiger partial charge in [0.25, 0.3) is 0 Å². The third-order valence-electron chi connectivity index (χ3n) is 1.26. The van der Waals surface area contributed by atoms with Gasteiger partial charge in [-0.25, -0.2) is 4.98 Å². The van der Waals surface area contributed by atoms with Gasteiger partial charge in [-0.1, -0.05) is 11.8 Å². The molecule has 1 heterocycles. The van der Waals surface area contributed by atoms with Crippen molar-refractivity contribution in [2.45, 2.75) is 25.6 Å². The first-order valence-corrected chi connectivity index (χ1v) is 4.85. The summed E-state index contributed by atoms with van der Waals surface area (Å²) in [5.74, 6) is 5.19. The Hall–Kier alpha value is -1.06. The van der Waals surface area contributed by atoms with Crippen molar-refractivity contribution in [3.8, 4) is 11.8 Å². The Morgan fingerprint density at radius 1 is 1.40 bits per heavy atom. The van der Waals surface area contributed by atoms with Gasteiger partial charge in [0, 0.05) is 0 Å². The molecule has 2 nitrogen and oxygen atoms in total. The van der Waals surface area contributed by atoms with Gasteiger partial charge in [0.1, 0.15) is 0 Å². The summed E-state index contributed by atoms with van der Waals surface area (Å²) in [6.07, 6.45) is -3.30. The van der Waals surface area contributed by atoms with E-state index in [1.165, 1.54) is 0 Å². The standard InChI is InChI=1S/C9H9F3N2S/c1-8(2,13)4-3-6-5-14-7(15-6)9(10,11)12/h5H,13H2,1-2H3. The van der Waals surface area contributed by atoms with E-state index in [2.05, 4.69) is 16.8 Å². The van der Waals surface area contributed by atoms with Crippen LogP contribution >= 0.6 is 11.3 Å². The SMILES string of the molecule is CC(C)(N)C#Cc1cnc(C(F)(F)F)s1. The van der Waals surface area contributed by atoms with Crippen LogP contribution in [0.2, 0.25) is 0 Å². The van der Waals surface area contributed by atoms with Crippen molar-refractivity contribution in [3.05, 3.63) is 16.1 Å². The zero-order valence-electron chi connectivity index (χ0n) is 8.14. The summed E-state index contributed by atoms with van der Waals surface area (Å²) in [6.45, 7) is 3.34. The molecule has 0 aromatic carbocycles. The molecule has 0 aliphatic heterocycles. The molecule has 0 fully saturated rings. The maximum absolute atomic E-state index is 12.2. The lowest BCUT2D eigenvalue weighted by molar-refractivity contribution is -0.137. The van der Waals surface area contributed by atoms with Crippen molar-refractivity contribution in [2.24, 2.45) is 5.73 Å². The molecule has 1 aromatic heterocycles. The number of alkyl halides is 3. The van der Waals surface area contributed by atoms with E-state index in [1.807, 2.05) is 0 Å². The molecule has 0 bridgehead atoms. The van der Waals surface area contributed by atoms with Crippen molar-refractivity contribution in [1.82, 2.24) is 4.98 Å². The van der Waals surface area contributed by atoms with Crippen molar-refractivity contribution >= 4 is 11.3 Å². The first-order valence-electron chi connectivity index (χ1n) is 4.03. The van der Waals surface area contributed by atoms with Crippen LogP contribution in [0.15, 0.2) is 6.20 Å². The molecular formula is C9H9F3N2S. The number of halogens is 3. The summed E-state index contributed by atoms with van der Waals surface area (Å²) < 4.78 is 36.5. The van der Waals surface area contributed by atoms with Gasteiger partial charge in [-0.3, -0.25) is 0 Å². The van der Waals surface area contributed by atoms with Gasteiger partial charge >= 0.3 is 6.18 Å². The van der Waals surface area contributed by atoms with Gasteiger partial charge in [-0.2, -0.15) is 13.2 Å². The minimum absolute atomic E-state index is 0.265. The van der Waals surface area contributed by atoms with Crippen molar-refractivity contribution in [3.63, 3.8) is 0 Å². The Morgan fingerprint density at radius 3 is 2.40 bits per heavy atom. The van der Waals surface area contributed by atoms with E-state index in [1.54, 1.807) is 13.8 Å². The average Bonchev–Trinajstić information content (AvgIpc) is 2.45. The van der Waals surface area contributed by atoms with Gasteiger partial charge in [-0.05, 0) is 13.8 Å². The molecule has 0 atom stereocenters. The minimum atomic E-state index is -4.40. The lowest BCUT2D eigenvalue weighted by atomic mass is 10.1. The normalized spacial score (nSPS) is 12.1. The van der Waals surface area contributed by atoms with Gasteiger partial charge in [0.2, 0.25) is 0 Å². The van der Waals surface area contributed by atoms with Crippen LogP contribution in [0.3, 0.4) is 0 Å². The Morgan fingerprint density at radius 2 is 2.00 bits per heavy atom. The van der Waals surface area contributed by atoms with Gasteiger partial charge < -0.3 is 5.73 Å². The fraction of sp³-hybridized carbons (Fsp3) is 0.444. The maximum Gasteiger partial charge on any atom is 0.443 e. The monoisotopic (exact) mass is 234 g/mol. The fourth-order valence-electron chi connectivity index (χ4n) is 0.686. The molecule has 0 unspecified atom stereocenters. The average molecular weight is 234 g/mol. The Bertz CT molecular complexity index is 403. The van der Waals surface area contributed by atoms with Crippen LogP contribution in [0.5, 0.6) is 0 Å². The lowest BCUT2D eigenvalue weighted by Gasteiger charge is -2.06. The van der Waals surface area contributed by atoms with Crippen molar-refractivity contribution < 1.29 is 13.2 Å². The molecule has 82 valence electrons. The summed E-state index contributed by atoms with van der Waals surface area (Å²) in [4.78, 5) is 3.50. The predicted molar refractivity (Wildman–Crippen MR) is 52.3 cm³/mol. The molecule has 0 saturated heterocycles. The molecule has 0 spiro atoms. The van der Waals surface area contributed by atoms with E-state index in [9.17, 15) is 13.2 Å². The van der Waals surface area contributed by atoms with Gasteiger partial charge in [-0.15, -0.1) is 11.3 Å². The molecule has 0 radical (unpaired) electrons. The Labute approximate surface area is 89.3 Å². The summed E-state index contributed by atoms with van der Waals surface area (Å²) >= 11 is 0.515. The highest BCUT2D eigenvalue weighted by atomic mass is 32.1. The molecule has 0 amide bonds. The van der Waals surface area contributed by atoms with Crippen LogP contribution < -0.4 is 5.73 Å². The number of nitrogens with zero attached hydrogens (tertiary/aromatic N) is 1. The summed E-state index contributed by atoms with van der Waals surface area (Å²) in [7, 11) is 0. The number of rotatable bonds is 0. The third-order valence-corrected chi connectivity index (χ3v) is 2.21. The molecular weight excluding hydrogens is 225 g/mol. The zero-order valence-corrected chi connectivity index (χ0v) is 8.96. The molecule has 2 N–H and O–H groups in total. The Balaban J connectivity index is 2.90. The van der Waals surface area contributed by atoms with Crippen LogP contribution in [-0.2, 0) is 6.18 Å². The van der Waals surface area contributed by atoms with E-state index in [4.69, 9.17) is 5.73 Å². The fourth-order valence-corrected chi connectivity index (χ4v) is 1.32. The van der Waals surface area contributed by atoms with Gasteiger partial charge in [0.15, 0.2) is 5.01 Å². The van der Waals surface area contributed by atoms with Crippen LogP contribution in [0.1, 0.15) is 23.7 Å². The summed E-state index contributed by atoms with van der Waals surface area (Å²) in [6, 6.07) is 0. The highest BCUT2D eigenvalue weighted by Crippen LogP contribution is 2.32. The van der Waals surface area contributed by atoms with E-state index >= 15 is 0 Å². The first kappa shape index (κ1) is 12.0. The molecule has 0 aliphatic rings. The van der Waals surface area contributed by atoms with Crippen LogP contribution in [0, 0.1) is 11.8 Å². The molecule has 1 aromatic rings. The highest BCUT2D eigenvalue weighted by molar-refractivity contribution is 7.12. The zero-order chi connectivity index (χ0) is 11.7. The number of nitrogens with two attached hydrogens (primary N) is 1. The molecule has 0 aliphatic carbocycles. The maximum atomic E-state index is 12.2. The van der Waals surface area contributed by atoms with Crippen LogP contribution in [0.4, 0.5) is 13.2 Å². The minimum Gasteiger partial charge on any atom is -0.316 e. The lowest BCUT2D eigenvalue weighted by Crippen LogP contribution is -2.29. The third kappa shape index (κ3) is 3.90. The number of hydrogen-bond acceptors (Lipinski definition) is 3. The number of aromatic nitrogens is 1. The van der Waals surface area contributed by atoms with Crippen molar-refractivity contribution in [1.29, 1.82) is 0 Å². The second-order valence-corrected chi connectivity index (χ2v) is 4.53. The van der Waals surface area contributed by atoms with E-state index in [-0.39, 0.29) is 4.88 Å². The first-order chi connectivity index (χ1) is 6.68. The predicted octanol–water partition coefficient (Wildman–Crippen LogP) is 2.25. The number of thiazole rings is 1. The van der Waals surface area contributed by atoms with Crippen LogP contribution in [-0.4, -0.2) is 10.5 Å². The molecule has 6 heteroatoms. The number of hydrogen-bond donors (Lipinski definition) is 1. The second-order valence-electron chi connectivity index (χ2n) is 3.50. The summed E-state index contributed by atoms with van der Waals surface area (Å²) in [5, 5.41) is -0.887. The van der Waals surface area contributed by atoms with Crippen molar-refractivity contribution in [2.75, 3.05) is 0 Å². The smallest absolute Gasteiger partial charge is 0.316 e. The van der Waals surface area contributed by atoms with Crippen LogP contribution in [0.25, 0.3) is 0 Å². The summed E-state index contributed by atoms with van der Waals surface area (Å²) in [5.41, 5.74) is 4.84. The topological polar surface area (TPSA) is 38.9 Å². The second kappa shape index (κ2) is 3.83. The van der Waals surface area contributed by atoms with E-state index in [0.717, 1.165) is 6.20 Å². The highest BCUT2D eigenvalue weighted by Gasteiger charge is 2.34. The largest absolute Gasteiger partial charge is 0.443 e. The molecule has 15 heavy (non-hydrogen) atoms. The molecule has 0 saturated carbocycles. The Kier molecular flexibility index (Phi) is 3.07. The van der Waals surface area contributed by atoms with E-state index < -0.39 is 16.7 Å². The quantitative estimate of drug-likeness (QED) is 0.699. The molecule has 1 rings (SSSR count). The van der Waals surface area contributed by atoms with Gasteiger partial charge in [0.05, 0.1) is 16.6 Å².